The number of nitrogens with one attached hydrogen (secondary N) is 1. The van der Waals surface area contributed by atoms with Crippen LogP contribution in [0.25, 0.3) is 0 Å². The Morgan fingerprint density at radius 2 is 1.81 bits per heavy atom. The molecular weight excluding hydrogens is 356 g/mol. The summed E-state index contributed by atoms with van der Waals surface area (Å²) in [5, 5.41) is 7.13. The van der Waals surface area contributed by atoms with Crippen molar-refractivity contribution < 1.29 is 9.32 Å². The molecule has 0 saturated heterocycles. The zero-order valence-electron chi connectivity index (χ0n) is 16.1. The van der Waals surface area contributed by atoms with E-state index in [4.69, 9.17) is 4.52 Å². The molecule has 0 saturated carbocycles. The first-order valence-electron chi connectivity index (χ1n) is 8.97. The van der Waals surface area contributed by atoms with E-state index in [0.717, 1.165) is 33.2 Å². The van der Waals surface area contributed by atoms with Crippen LogP contribution in [0.15, 0.2) is 57.9 Å². The highest BCUT2D eigenvalue weighted by Crippen LogP contribution is 2.29. The van der Waals surface area contributed by atoms with Gasteiger partial charge in [0.25, 0.3) is 5.91 Å². The minimum Gasteiger partial charge on any atom is -0.361 e. The van der Waals surface area contributed by atoms with E-state index in [0.29, 0.717) is 5.56 Å². The van der Waals surface area contributed by atoms with Gasteiger partial charge >= 0.3 is 0 Å². The topological polar surface area (TPSA) is 55.1 Å². The number of hydrogen-bond acceptors (Lipinski definition) is 4. The molecule has 1 aromatic heterocycles. The number of aryl methyl sites for hydroxylation is 3. The summed E-state index contributed by atoms with van der Waals surface area (Å²) in [6, 6.07) is 15.8. The molecule has 1 N–H and O–H groups in total. The van der Waals surface area contributed by atoms with E-state index >= 15 is 0 Å². The molecule has 0 aliphatic rings. The van der Waals surface area contributed by atoms with Gasteiger partial charge in [-0.1, -0.05) is 41.6 Å². The van der Waals surface area contributed by atoms with Crippen molar-refractivity contribution in [3.05, 3.63) is 82.2 Å². The lowest BCUT2D eigenvalue weighted by Gasteiger charge is -2.17. The van der Waals surface area contributed by atoms with E-state index in [1.54, 1.807) is 11.8 Å². The van der Waals surface area contributed by atoms with Crippen molar-refractivity contribution in [2.24, 2.45) is 0 Å². The summed E-state index contributed by atoms with van der Waals surface area (Å²) in [7, 11) is 0. The lowest BCUT2D eigenvalue weighted by molar-refractivity contribution is 0.0937. The lowest BCUT2D eigenvalue weighted by atomic mass is 10.0. The van der Waals surface area contributed by atoms with Crippen LogP contribution in [-0.4, -0.2) is 11.1 Å². The third-order valence-corrected chi connectivity index (χ3v) is 5.79. The fraction of sp³-hybridized carbons (Fsp3) is 0.273. The van der Waals surface area contributed by atoms with E-state index in [9.17, 15) is 4.79 Å². The summed E-state index contributed by atoms with van der Waals surface area (Å²) in [5.41, 5.74) is 4.98. The van der Waals surface area contributed by atoms with Crippen LogP contribution in [0.3, 0.4) is 0 Å². The molecule has 0 bridgehead atoms. The van der Waals surface area contributed by atoms with Crippen molar-refractivity contribution in [3.8, 4) is 0 Å². The number of aromatic nitrogens is 1. The number of thioether (sulfide) groups is 1. The van der Waals surface area contributed by atoms with Crippen molar-refractivity contribution >= 4 is 17.7 Å². The normalized spacial score (nSPS) is 12.0. The van der Waals surface area contributed by atoms with Crippen molar-refractivity contribution in [3.63, 3.8) is 0 Å². The number of carbonyl (C=O) groups excluding carboxylic acids is 1. The molecule has 1 unspecified atom stereocenters. The zero-order valence-corrected chi connectivity index (χ0v) is 16.9. The van der Waals surface area contributed by atoms with E-state index in [1.165, 1.54) is 5.56 Å². The first-order chi connectivity index (χ1) is 13.0. The monoisotopic (exact) mass is 380 g/mol. The molecule has 1 atom stereocenters. The number of benzene rings is 2. The molecule has 3 aromatic rings. The van der Waals surface area contributed by atoms with Gasteiger partial charge in [0.1, 0.15) is 5.76 Å². The van der Waals surface area contributed by atoms with Gasteiger partial charge in [-0.25, -0.2) is 0 Å². The number of amides is 1. The van der Waals surface area contributed by atoms with Gasteiger partial charge in [-0.2, -0.15) is 0 Å². The van der Waals surface area contributed by atoms with Crippen molar-refractivity contribution in [2.75, 3.05) is 0 Å². The van der Waals surface area contributed by atoms with Crippen LogP contribution >= 0.6 is 11.8 Å². The van der Waals surface area contributed by atoms with Crippen LogP contribution in [0, 0.1) is 20.8 Å². The fourth-order valence-corrected chi connectivity index (χ4v) is 4.27. The standard InChI is InChI=1S/C22H24N2O2S/c1-14-9-5-6-10-18(14)15(2)23-22(25)19-11-7-8-12-21(19)27-13-20-16(3)24-26-17(20)4/h5-12,15H,13H2,1-4H3,(H,23,25). The fourth-order valence-electron chi connectivity index (χ4n) is 3.06. The molecule has 1 amide bonds. The number of hydrogen-bond donors (Lipinski definition) is 1. The van der Waals surface area contributed by atoms with E-state index in [1.807, 2.05) is 57.2 Å². The first kappa shape index (κ1) is 19.2. The van der Waals surface area contributed by atoms with Crippen LogP contribution in [-0.2, 0) is 5.75 Å². The smallest absolute Gasteiger partial charge is 0.252 e. The van der Waals surface area contributed by atoms with Crippen LogP contribution in [0.5, 0.6) is 0 Å². The molecule has 27 heavy (non-hydrogen) atoms. The second-order valence-electron chi connectivity index (χ2n) is 6.64. The minimum atomic E-state index is -0.0624. The van der Waals surface area contributed by atoms with Gasteiger partial charge < -0.3 is 9.84 Å². The Kier molecular flexibility index (Phi) is 6.01. The molecule has 5 heteroatoms. The van der Waals surface area contributed by atoms with Gasteiger partial charge in [0.05, 0.1) is 17.3 Å². The van der Waals surface area contributed by atoms with Gasteiger partial charge in [-0.3, -0.25) is 4.79 Å². The molecule has 2 aromatic carbocycles. The third-order valence-electron chi connectivity index (χ3n) is 4.69. The summed E-state index contributed by atoms with van der Waals surface area (Å²) in [6.45, 7) is 7.93. The highest BCUT2D eigenvalue weighted by Gasteiger charge is 2.17. The highest BCUT2D eigenvalue weighted by molar-refractivity contribution is 7.98. The van der Waals surface area contributed by atoms with Crippen LogP contribution in [0.2, 0.25) is 0 Å². The molecule has 3 rings (SSSR count). The quantitative estimate of drug-likeness (QED) is 0.583. The Hall–Kier alpha value is -2.53. The number of carbonyl (C=O) groups is 1. The maximum Gasteiger partial charge on any atom is 0.252 e. The Bertz CT molecular complexity index is 929. The molecule has 0 fully saturated rings. The Morgan fingerprint density at radius 3 is 2.52 bits per heavy atom. The zero-order chi connectivity index (χ0) is 19.4. The predicted octanol–water partition coefficient (Wildman–Crippen LogP) is 5.38. The minimum absolute atomic E-state index is 0.0562. The number of rotatable bonds is 6. The second kappa shape index (κ2) is 8.44. The second-order valence-corrected chi connectivity index (χ2v) is 7.66. The first-order valence-corrected chi connectivity index (χ1v) is 9.96. The van der Waals surface area contributed by atoms with E-state index < -0.39 is 0 Å². The maximum absolute atomic E-state index is 12.9. The summed E-state index contributed by atoms with van der Waals surface area (Å²) in [6.07, 6.45) is 0. The van der Waals surface area contributed by atoms with E-state index in [-0.39, 0.29) is 11.9 Å². The highest BCUT2D eigenvalue weighted by atomic mass is 32.2. The Morgan fingerprint density at radius 1 is 1.11 bits per heavy atom. The average Bonchev–Trinajstić information content (AvgIpc) is 2.98. The van der Waals surface area contributed by atoms with Gasteiger partial charge in [0, 0.05) is 16.2 Å². The molecular formula is C22H24N2O2S. The van der Waals surface area contributed by atoms with Crippen molar-refractivity contribution in [2.45, 2.75) is 44.4 Å². The summed E-state index contributed by atoms with van der Waals surface area (Å²) >= 11 is 1.63. The molecule has 1 heterocycles. The average molecular weight is 381 g/mol. The Labute approximate surface area is 164 Å². The summed E-state index contributed by atoms with van der Waals surface area (Å²) < 4.78 is 5.23. The van der Waals surface area contributed by atoms with E-state index in [2.05, 4.69) is 29.5 Å². The van der Waals surface area contributed by atoms with Gasteiger partial charge in [0.15, 0.2) is 0 Å². The Balaban J connectivity index is 1.75. The van der Waals surface area contributed by atoms with Gasteiger partial charge in [-0.05, 0) is 51.0 Å². The van der Waals surface area contributed by atoms with Gasteiger partial charge in [0.2, 0.25) is 0 Å². The van der Waals surface area contributed by atoms with Crippen LogP contribution in [0.1, 0.15) is 51.5 Å². The third kappa shape index (κ3) is 4.42. The van der Waals surface area contributed by atoms with Gasteiger partial charge in [-0.15, -0.1) is 11.8 Å². The molecule has 4 nitrogen and oxygen atoms in total. The van der Waals surface area contributed by atoms with Crippen LogP contribution < -0.4 is 5.32 Å². The lowest BCUT2D eigenvalue weighted by Crippen LogP contribution is -2.27. The summed E-state index contributed by atoms with van der Waals surface area (Å²) in [4.78, 5) is 13.9. The largest absolute Gasteiger partial charge is 0.361 e. The molecule has 0 radical (unpaired) electrons. The van der Waals surface area contributed by atoms with Crippen molar-refractivity contribution in [1.29, 1.82) is 0 Å². The molecule has 140 valence electrons. The molecule has 0 aliphatic heterocycles. The molecule has 0 spiro atoms. The summed E-state index contributed by atoms with van der Waals surface area (Å²) in [5.74, 6) is 1.49. The maximum atomic E-state index is 12.9. The van der Waals surface area contributed by atoms with Crippen LogP contribution in [0.4, 0.5) is 0 Å². The van der Waals surface area contributed by atoms with Crippen molar-refractivity contribution in [1.82, 2.24) is 10.5 Å². The SMILES string of the molecule is Cc1ccccc1C(C)NC(=O)c1ccccc1SCc1c(C)noc1C. The number of nitrogens with zero attached hydrogens (tertiary/aromatic N) is 1. The predicted molar refractivity (Wildman–Crippen MR) is 109 cm³/mol. The molecule has 0 aliphatic carbocycles.